The highest BCUT2D eigenvalue weighted by molar-refractivity contribution is 5.72. The van der Waals surface area contributed by atoms with E-state index in [1.807, 2.05) is 0 Å². The largest absolute Gasteiger partial charge is 0.479 e. The second-order valence-corrected chi connectivity index (χ2v) is 1.49. The number of rotatable bonds is 3. The number of hydrogen-bond donors (Lipinski definition) is 2. The molecule has 0 bridgehead atoms. The van der Waals surface area contributed by atoms with Crippen LogP contribution < -0.4 is 5.73 Å². The molecule has 0 rings (SSSR count). The zero-order valence-corrected chi connectivity index (χ0v) is 4.55. The molecule has 0 aromatic heterocycles. The Morgan fingerprint density at radius 3 is 2.22 bits per heavy atom. The van der Waals surface area contributed by atoms with Crippen LogP contribution in [0.25, 0.3) is 0 Å². The van der Waals surface area contributed by atoms with Gasteiger partial charge in [-0.1, -0.05) is 0 Å². The van der Waals surface area contributed by atoms with Gasteiger partial charge in [-0.2, -0.15) is 0 Å². The van der Waals surface area contributed by atoms with E-state index in [0.717, 1.165) is 0 Å². The molecule has 9 heavy (non-hydrogen) atoms. The predicted octanol–water partition coefficient (Wildman–Crippen LogP) is -0.294. The number of alkyl halides is 2. The van der Waals surface area contributed by atoms with Gasteiger partial charge in [-0.15, -0.1) is 0 Å². The summed E-state index contributed by atoms with van der Waals surface area (Å²) in [6, 6.07) is 0. The first-order chi connectivity index (χ1) is 4.09. The van der Waals surface area contributed by atoms with Crippen molar-refractivity contribution in [2.45, 2.75) is 12.3 Å². The molecule has 2 atom stereocenters. The van der Waals surface area contributed by atoms with E-state index in [4.69, 9.17) is 5.11 Å². The fraction of sp³-hybridized carbons (Fsp3) is 0.750. The SMILES string of the molecule is NC[C@@H](F)[C@@H](F)C(=O)O. The van der Waals surface area contributed by atoms with Crippen LogP contribution in [0.3, 0.4) is 0 Å². The maximum atomic E-state index is 11.9. The Bertz CT molecular complexity index is 109. The molecule has 5 heteroatoms. The van der Waals surface area contributed by atoms with Crippen LogP contribution in [-0.2, 0) is 4.79 Å². The van der Waals surface area contributed by atoms with Crippen molar-refractivity contribution in [3.05, 3.63) is 0 Å². The summed E-state index contributed by atoms with van der Waals surface area (Å²) in [6.45, 7) is -0.604. The van der Waals surface area contributed by atoms with Crippen LogP contribution in [0.1, 0.15) is 0 Å². The molecule has 0 saturated carbocycles. The van der Waals surface area contributed by atoms with Crippen LogP contribution in [0, 0.1) is 0 Å². The number of nitrogens with two attached hydrogens (primary N) is 1. The van der Waals surface area contributed by atoms with E-state index in [1.165, 1.54) is 0 Å². The minimum absolute atomic E-state index is 0.604. The van der Waals surface area contributed by atoms with Gasteiger partial charge in [-0.3, -0.25) is 0 Å². The lowest BCUT2D eigenvalue weighted by Gasteiger charge is -2.04. The molecule has 0 heterocycles. The standard InChI is InChI=1S/C4H7F2NO2/c5-2(1-7)3(6)4(8)9/h2-3H,1,7H2,(H,8,9)/t2-,3-/m1/s1. The molecular weight excluding hydrogens is 132 g/mol. The molecule has 54 valence electrons. The highest BCUT2D eigenvalue weighted by Crippen LogP contribution is 2.01. The second kappa shape index (κ2) is 3.34. The van der Waals surface area contributed by atoms with Crippen molar-refractivity contribution < 1.29 is 18.7 Å². The summed E-state index contributed by atoms with van der Waals surface area (Å²) in [6.07, 6.45) is -4.59. The van der Waals surface area contributed by atoms with Gasteiger partial charge < -0.3 is 10.8 Å². The molecule has 0 aliphatic rings. The zero-order chi connectivity index (χ0) is 7.44. The average Bonchev–Trinajstić information content (AvgIpc) is 1.84. The Morgan fingerprint density at radius 2 is 2.11 bits per heavy atom. The lowest BCUT2D eigenvalue weighted by molar-refractivity contribution is -0.145. The Labute approximate surface area is 50.5 Å². The fourth-order valence-corrected chi connectivity index (χ4v) is 0.274. The molecule has 0 aromatic carbocycles. The van der Waals surface area contributed by atoms with Gasteiger partial charge in [0.1, 0.15) is 0 Å². The summed E-state index contributed by atoms with van der Waals surface area (Å²) in [5.74, 6) is -1.81. The minimum atomic E-state index is -2.49. The Morgan fingerprint density at radius 1 is 1.67 bits per heavy atom. The Balaban J connectivity index is 3.72. The van der Waals surface area contributed by atoms with Crippen molar-refractivity contribution >= 4 is 5.97 Å². The lowest BCUT2D eigenvalue weighted by Crippen LogP contribution is -2.32. The highest BCUT2D eigenvalue weighted by atomic mass is 19.2. The van der Waals surface area contributed by atoms with Crippen molar-refractivity contribution in [2.75, 3.05) is 6.54 Å². The van der Waals surface area contributed by atoms with E-state index in [0.29, 0.717) is 0 Å². The van der Waals surface area contributed by atoms with Gasteiger partial charge >= 0.3 is 5.97 Å². The highest BCUT2D eigenvalue weighted by Gasteiger charge is 2.25. The van der Waals surface area contributed by atoms with E-state index < -0.39 is 24.9 Å². The van der Waals surface area contributed by atoms with Gasteiger partial charge in [0, 0.05) is 6.54 Å². The van der Waals surface area contributed by atoms with Gasteiger partial charge in [0.2, 0.25) is 6.17 Å². The summed E-state index contributed by atoms with van der Waals surface area (Å²) in [4.78, 5) is 9.63. The molecule has 0 amide bonds. The number of carboxylic acids is 1. The first kappa shape index (κ1) is 8.29. The van der Waals surface area contributed by atoms with Crippen molar-refractivity contribution in [3.8, 4) is 0 Å². The zero-order valence-electron chi connectivity index (χ0n) is 4.55. The number of halogens is 2. The normalized spacial score (nSPS) is 16.8. The first-order valence-electron chi connectivity index (χ1n) is 2.30. The van der Waals surface area contributed by atoms with Crippen LogP contribution in [-0.4, -0.2) is 30.0 Å². The van der Waals surface area contributed by atoms with Gasteiger partial charge in [0.15, 0.2) is 6.17 Å². The topological polar surface area (TPSA) is 63.3 Å². The summed E-state index contributed by atoms with van der Waals surface area (Å²) in [5.41, 5.74) is 4.63. The van der Waals surface area contributed by atoms with E-state index >= 15 is 0 Å². The predicted molar refractivity (Wildman–Crippen MR) is 26.5 cm³/mol. The molecule has 3 nitrogen and oxygen atoms in total. The quantitative estimate of drug-likeness (QED) is 0.564. The number of carboxylic acid groups (broad SMARTS) is 1. The third kappa shape index (κ3) is 2.36. The molecular formula is C4H7F2NO2. The summed E-state index contributed by atoms with van der Waals surface area (Å²) in [5, 5.41) is 7.81. The third-order valence-electron chi connectivity index (χ3n) is 0.779. The van der Waals surface area contributed by atoms with E-state index in [2.05, 4.69) is 5.73 Å². The minimum Gasteiger partial charge on any atom is -0.479 e. The number of carbonyl (C=O) groups is 1. The molecule has 0 aromatic rings. The lowest BCUT2D eigenvalue weighted by atomic mass is 10.2. The smallest absolute Gasteiger partial charge is 0.341 e. The maximum Gasteiger partial charge on any atom is 0.341 e. The molecule has 0 saturated heterocycles. The van der Waals surface area contributed by atoms with Crippen LogP contribution in [0.15, 0.2) is 0 Å². The second-order valence-electron chi connectivity index (χ2n) is 1.49. The van der Waals surface area contributed by atoms with E-state index in [-0.39, 0.29) is 0 Å². The molecule has 0 radical (unpaired) electrons. The van der Waals surface area contributed by atoms with Crippen molar-refractivity contribution in [3.63, 3.8) is 0 Å². The Kier molecular flexibility index (Phi) is 3.08. The van der Waals surface area contributed by atoms with Gasteiger partial charge in [-0.25, -0.2) is 13.6 Å². The molecule has 0 fully saturated rings. The van der Waals surface area contributed by atoms with Crippen LogP contribution in [0.4, 0.5) is 8.78 Å². The molecule has 0 aliphatic heterocycles. The van der Waals surface area contributed by atoms with Crippen LogP contribution in [0.5, 0.6) is 0 Å². The molecule has 0 unspecified atom stereocenters. The average molecular weight is 139 g/mol. The van der Waals surface area contributed by atoms with E-state index in [1.54, 1.807) is 0 Å². The van der Waals surface area contributed by atoms with E-state index in [9.17, 15) is 13.6 Å². The maximum absolute atomic E-state index is 11.9. The summed E-state index contributed by atoms with van der Waals surface area (Å²) in [7, 11) is 0. The van der Waals surface area contributed by atoms with Crippen molar-refractivity contribution in [1.29, 1.82) is 0 Å². The third-order valence-corrected chi connectivity index (χ3v) is 0.779. The van der Waals surface area contributed by atoms with Crippen LogP contribution >= 0.6 is 0 Å². The molecule has 0 aliphatic carbocycles. The van der Waals surface area contributed by atoms with Crippen LogP contribution in [0.2, 0.25) is 0 Å². The monoisotopic (exact) mass is 139 g/mol. The number of aliphatic carboxylic acids is 1. The number of hydrogen-bond acceptors (Lipinski definition) is 2. The van der Waals surface area contributed by atoms with Crippen molar-refractivity contribution in [1.82, 2.24) is 0 Å². The fourth-order valence-electron chi connectivity index (χ4n) is 0.274. The summed E-state index contributed by atoms with van der Waals surface area (Å²) < 4.78 is 23.8. The molecule has 0 spiro atoms. The summed E-state index contributed by atoms with van der Waals surface area (Å²) >= 11 is 0. The Hall–Kier alpha value is -0.710. The van der Waals surface area contributed by atoms with Gasteiger partial charge in [0.05, 0.1) is 0 Å². The van der Waals surface area contributed by atoms with Gasteiger partial charge in [0.25, 0.3) is 0 Å². The first-order valence-corrected chi connectivity index (χ1v) is 2.30. The van der Waals surface area contributed by atoms with Crippen molar-refractivity contribution in [2.24, 2.45) is 5.73 Å². The molecule has 3 N–H and O–H groups in total. The van der Waals surface area contributed by atoms with Gasteiger partial charge in [-0.05, 0) is 0 Å².